The van der Waals surface area contributed by atoms with Gasteiger partial charge >= 0.3 is 5.69 Å². The summed E-state index contributed by atoms with van der Waals surface area (Å²) in [6.45, 7) is 0. The quantitative estimate of drug-likeness (QED) is 0.391. The smallest absolute Gasteiger partial charge is 0.315 e. The van der Waals surface area contributed by atoms with E-state index in [2.05, 4.69) is 0 Å². The van der Waals surface area contributed by atoms with Crippen molar-refractivity contribution in [3.63, 3.8) is 0 Å². The number of ketones is 1. The molecular formula is C16H11F2NO5. The van der Waals surface area contributed by atoms with E-state index >= 15 is 0 Å². The molecule has 0 saturated heterocycles. The lowest BCUT2D eigenvalue weighted by Crippen LogP contribution is -1.99. The lowest BCUT2D eigenvalue weighted by Gasteiger charge is -2.05. The number of nitro groups is 1. The summed E-state index contributed by atoms with van der Waals surface area (Å²) < 4.78 is 31.2. The van der Waals surface area contributed by atoms with Crippen LogP contribution in [0.4, 0.5) is 14.5 Å². The molecule has 1 N–H and O–H groups in total. The Hall–Kier alpha value is -3.29. The summed E-state index contributed by atoms with van der Waals surface area (Å²) >= 11 is 0. The standard InChI is InChI=1S/C16H11F2NO5/c1-24-15-7-9(6-13(16(15)21)19(22)23)2-5-14(20)11-4-3-10(17)8-12(11)18/h2-8,21H,1H3/b5-2+. The highest BCUT2D eigenvalue weighted by molar-refractivity contribution is 6.07. The number of nitrogens with zero attached hydrogens (tertiary/aromatic N) is 1. The molecule has 0 spiro atoms. The van der Waals surface area contributed by atoms with Crippen LogP contribution in [0.25, 0.3) is 6.08 Å². The van der Waals surface area contributed by atoms with Gasteiger partial charge in [-0.05, 0) is 29.8 Å². The molecule has 0 fully saturated rings. The molecule has 0 bridgehead atoms. The Morgan fingerprint density at radius 2 is 2.00 bits per heavy atom. The Kier molecular flexibility index (Phi) is 4.88. The Balaban J connectivity index is 2.36. The molecule has 0 heterocycles. The molecule has 8 heteroatoms. The average Bonchev–Trinajstić information content (AvgIpc) is 2.53. The predicted molar refractivity (Wildman–Crippen MR) is 81.0 cm³/mol. The molecule has 0 amide bonds. The van der Waals surface area contributed by atoms with E-state index in [0.29, 0.717) is 6.07 Å². The van der Waals surface area contributed by atoms with Crippen LogP contribution in [-0.2, 0) is 0 Å². The summed E-state index contributed by atoms with van der Waals surface area (Å²) in [7, 11) is 1.21. The first-order valence-corrected chi connectivity index (χ1v) is 6.56. The minimum absolute atomic E-state index is 0.149. The third-order valence-electron chi connectivity index (χ3n) is 3.12. The number of aromatic hydroxyl groups is 1. The third-order valence-corrected chi connectivity index (χ3v) is 3.12. The molecule has 24 heavy (non-hydrogen) atoms. The zero-order valence-electron chi connectivity index (χ0n) is 12.3. The SMILES string of the molecule is COc1cc(/C=C/C(=O)c2ccc(F)cc2F)cc([N+](=O)[O-])c1O. The maximum atomic E-state index is 13.5. The fraction of sp³-hybridized carbons (Fsp3) is 0.0625. The number of allylic oxidation sites excluding steroid dienone is 1. The zero-order valence-corrected chi connectivity index (χ0v) is 12.3. The number of ether oxygens (including phenoxy) is 1. The van der Waals surface area contributed by atoms with Crippen molar-refractivity contribution < 1.29 is 28.3 Å². The molecule has 0 unspecified atom stereocenters. The molecule has 0 radical (unpaired) electrons. The van der Waals surface area contributed by atoms with Crippen LogP contribution >= 0.6 is 0 Å². The molecule has 2 aromatic rings. The Labute approximate surface area is 134 Å². The molecule has 0 aliphatic rings. The highest BCUT2D eigenvalue weighted by atomic mass is 19.1. The number of benzene rings is 2. The van der Waals surface area contributed by atoms with Gasteiger partial charge in [-0.15, -0.1) is 0 Å². The van der Waals surface area contributed by atoms with Crippen LogP contribution in [0.15, 0.2) is 36.4 Å². The minimum Gasteiger partial charge on any atom is -0.500 e. The van der Waals surface area contributed by atoms with Gasteiger partial charge in [-0.2, -0.15) is 0 Å². The first-order chi connectivity index (χ1) is 11.3. The maximum absolute atomic E-state index is 13.5. The van der Waals surface area contributed by atoms with Gasteiger partial charge in [-0.3, -0.25) is 14.9 Å². The molecule has 6 nitrogen and oxygen atoms in total. The molecule has 0 atom stereocenters. The molecule has 0 aliphatic heterocycles. The van der Waals surface area contributed by atoms with E-state index in [0.717, 1.165) is 24.3 Å². The molecule has 0 aliphatic carbocycles. The largest absolute Gasteiger partial charge is 0.500 e. The van der Waals surface area contributed by atoms with Crippen LogP contribution < -0.4 is 4.74 Å². The summed E-state index contributed by atoms with van der Waals surface area (Å²) in [5, 5.41) is 20.6. The van der Waals surface area contributed by atoms with Gasteiger partial charge in [0.15, 0.2) is 11.5 Å². The fourth-order valence-electron chi connectivity index (χ4n) is 1.96. The fourth-order valence-corrected chi connectivity index (χ4v) is 1.96. The van der Waals surface area contributed by atoms with Crippen molar-refractivity contribution in [2.24, 2.45) is 0 Å². The summed E-state index contributed by atoms with van der Waals surface area (Å²) in [6.07, 6.45) is 2.17. The normalized spacial score (nSPS) is 10.8. The van der Waals surface area contributed by atoms with Crippen molar-refractivity contribution in [2.45, 2.75) is 0 Å². The minimum atomic E-state index is -1.01. The lowest BCUT2D eigenvalue weighted by atomic mass is 10.1. The van der Waals surface area contributed by atoms with Crippen molar-refractivity contribution in [1.82, 2.24) is 0 Å². The average molecular weight is 335 g/mol. The molecule has 0 saturated carbocycles. The van der Waals surface area contributed by atoms with E-state index in [4.69, 9.17) is 4.74 Å². The topological polar surface area (TPSA) is 89.7 Å². The lowest BCUT2D eigenvalue weighted by molar-refractivity contribution is -0.386. The van der Waals surface area contributed by atoms with Crippen molar-refractivity contribution in [2.75, 3.05) is 7.11 Å². The molecule has 0 aromatic heterocycles. The van der Waals surface area contributed by atoms with E-state index in [9.17, 15) is 28.8 Å². The molecule has 2 aromatic carbocycles. The number of hydrogen-bond acceptors (Lipinski definition) is 5. The number of carbonyl (C=O) groups excluding carboxylic acids is 1. The second-order valence-corrected chi connectivity index (χ2v) is 4.67. The van der Waals surface area contributed by atoms with Crippen LogP contribution in [0, 0.1) is 21.7 Å². The Morgan fingerprint density at radius 3 is 2.58 bits per heavy atom. The number of phenolic OH excluding ortho intramolecular Hbond substituents is 1. The van der Waals surface area contributed by atoms with Gasteiger partial charge in [-0.25, -0.2) is 8.78 Å². The highest BCUT2D eigenvalue weighted by Crippen LogP contribution is 2.37. The summed E-state index contributed by atoms with van der Waals surface area (Å²) in [5.41, 5.74) is -0.755. The van der Waals surface area contributed by atoms with Crippen LogP contribution in [0.3, 0.4) is 0 Å². The van der Waals surface area contributed by atoms with Gasteiger partial charge in [0.1, 0.15) is 11.6 Å². The zero-order chi connectivity index (χ0) is 17.9. The van der Waals surface area contributed by atoms with Gasteiger partial charge in [0.2, 0.25) is 5.75 Å². The third kappa shape index (κ3) is 3.54. The van der Waals surface area contributed by atoms with Crippen LogP contribution in [0.1, 0.15) is 15.9 Å². The highest BCUT2D eigenvalue weighted by Gasteiger charge is 2.19. The number of halogens is 2. The van der Waals surface area contributed by atoms with Gasteiger partial charge in [0.25, 0.3) is 0 Å². The van der Waals surface area contributed by atoms with Gasteiger partial charge < -0.3 is 9.84 Å². The van der Waals surface area contributed by atoms with E-state index in [-0.39, 0.29) is 16.9 Å². The van der Waals surface area contributed by atoms with Crippen molar-refractivity contribution >= 4 is 17.5 Å². The molecule has 2 rings (SSSR count). The van der Waals surface area contributed by atoms with Gasteiger partial charge in [-0.1, -0.05) is 6.08 Å². The van der Waals surface area contributed by atoms with Crippen molar-refractivity contribution in [3.8, 4) is 11.5 Å². The first-order valence-electron chi connectivity index (χ1n) is 6.56. The Morgan fingerprint density at radius 1 is 1.29 bits per heavy atom. The van der Waals surface area contributed by atoms with Crippen molar-refractivity contribution in [1.29, 1.82) is 0 Å². The number of phenols is 1. The second-order valence-electron chi connectivity index (χ2n) is 4.67. The number of nitro benzene ring substituents is 1. The molecule has 124 valence electrons. The number of rotatable bonds is 5. The van der Waals surface area contributed by atoms with Gasteiger partial charge in [0, 0.05) is 12.1 Å². The number of methoxy groups -OCH3 is 1. The Bertz CT molecular complexity index is 849. The van der Waals surface area contributed by atoms with Crippen LogP contribution in [0.5, 0.6) is 11.5 Å². The number of carbonyl (C=O) groups is 1. The van der Waals surface area contributed by atoms with E-state index in [1.54, 1.807) is 0 Å². The van der Waals surface area contributed by atoms with E-state index in [1.165, 1.54) is 19.3 Å². The summed E-state index contributed by atoms with van der Waals surface area (Å²) in [4.78, 5) is 22.0. The second kappa shape index (κ2) is 6.86. The van der Waals surface area contributed by atoms with Gasteiger partial charge in [0.05, 0.1) is 17.6 Å². The number of hydrogen-bond donors (Lipinski definition) is 1. The predicted octanol–water partition coefficient (Wildman–Crippen LogP) is 3.48. The van der Waals surface area contributed by atoms with Crippen molar-refractivity contribution in [3.05, 3.63) is 69.3 Å². The summed E-state index contributed by atoms with van der Waals surface area (Å²) in [6, 6.07) is 4.82. The van der Waals surface area contributed by atoms with Crippen LogP contribution in [-0.4, -0.2) is 22.9 Å². The maximum Gasteiger partial charge on any atom is 0.315 e. The van der Waals surface area contributed by atoms with E-state index < -0.39 is 33.8 Å². The summed E-state index contributed by atoms with van der Waals surface area (Å²) in [5.74, 6) is -3.37. The monoisotopic (exact) mass is 335 g/mol. The molecular weight excluding hydrogens is 324 g/mol. The van der Waals surface area contributed by atoms with E-state index in [1.807, 2.05) is 0 Å². The van der Waals surface area contributed by atoms with Crippen LogP contribution in [0.2, 0.25) is 0 Å². The first kappa shape index (κ1) is 17.1.